The topological polar surface area (TPSA) is 17.3 Å². The zero-order chi connectivity index (χ0) is 21.7. The molecule has 0 N–H and O–H groups in total. The molecular formula is C30H23LiN2. The first-order valence-corrected chi connectivity index (χ1v) is 11.0. The fraction of sp³-hybridized carbons (Fsp3) is 0.100. The van der Waals surface area contributed by atoms with Gasteiger partial charge in [0.1, 0.15) is 0 Å². The predicted octanol–water partition coefficient (Wildman–Crippen LogP) is 4.32. The van der Waals surface area contributed by atoms with E-state index in [1.807, 2.05) is 12.3 Å². The van der Waals surface area contributed by atoms with Crippen molar-refractivity contribution in [1.82, 2.24) is 9.38 Å². The number of nitrogens with zero attached hydrogens (tertiary/aromatic N) is 2. The van der Waals surface area contributed by atoms with Crippen LogP contribution in [0.15, 0.2) is 91.1 Å². The maximum Gasteiger partial charge on any atom is 1.00 e. The minimum atomic E-state index is 0. The quantitative estimate of drug-likeness (QED) is 0.238. The van der Waals surface area contributed by atoms with Crippen molar-refractivity contribution in [2.24, 2.45) is 0 Å². The predicted molar refractivity (Wildman–Crippen MR) is 133 cm³/mol. The number of aryl methyl sites for hydroxylation is 2. The molecule has 0 aliphatic heterocycles. The van der Waals surface area contributed by atoms with Crippen LogP contribution in [0.5, 0.6) is 0 Å². The van der Waals surface area contributed by atoms with Gasteiger partial charge in [0.25, 0.3) is 0 Å². The Morgan fingerprint density at radius 2 is 1.58 bits per heavy atom. The molecule has 0 amide bonds. The van der Waals surface area contributed by atoms with E-state index in [1.165, 1.54) is 44.1 Å². The van der Waals surface area contributed by atoms with Gasteiger partial charge in [0.05, 0.1) is 11.3 Å². The fourth-order valence-electron chi connectivity index (χ4n) is 4.95. The van der Waals surface area contributed by atoms with E-state index in [2.05, 4.69) is 103 Å². The molecule has 154 valence electrons. The van der Waals surface area contributed by atoms with Crippen LogP contribution >= 0.6 is 0 Å². The Morgan fingerprint density at radius 3 is 2.36 bits per heavy atom. The molecule has 0 bridgehead atoms. The van der Waals surface area contributed by atoms with Crippen molar-refractivity contribution in [2.45, 2.75) is 20.3 Å². The number of rotatable bonds is 3. The molecule has 0 fully saturated rings. The molecule has 0 saturated heterocycles. The normalized spacial score (nSPS) is 11.2. The molecule has 0 saturated carbocycles. The molecule has 0 radical (unpaired) electrons. The molecule has 0 spiro atoms. The second-order valence-corrected chi connectivity index (χ2v) is 8.54. The van der Waals surface area contributed by atoms with Gasteiger partial charge in [-0.2, -0.15) is 0 Å². The Labute approximate surface area is 206 Å². The number of hydrogen-bond donors (Lipinski definition) is 0. The summed E-state index contributed by atoms with van der Waals surface area (Å²) in [5.41, 5.74) is 9.68. The van der Waals surface area contributed by atoms with Gasteiger partial charge in [-0.25, -0.2) is 0 Å². The zero-order valence-electron chi connectivity index (χ0n) is 19.3. The van der Waals surface area contributed by atoms with E-state index in [9.17, 15) is 0 Å². The summed E-state index contributed by atoms with van der Waals surface area (Å²) in [6.07, 6.45) is 2.93. The summed E-state index contributed by atoms with van der Waals surface area (Å²) < 4.78 is 2.32. The summed E-state index contributed by atoms with van der Waals surface area (Å²) in [5, 5.41) is 3.50. The van der Waals surface area contributed by atoms with Crippen LogP contribution in [0.3, 0.4) is 0 Å². The van der Waals surface area contributed by atoms with Gasteiger partial charge in [-0.1, -0.05) is 66.0 Å². The third-order valence-electron chi connectivity index (χ3n) is 6.42. The van der Waals surface area contributed by atoms with Gasteiger partial charge >= 0.3 is 18.9 Å². The second-order valence-electron chi connectivity index (χ2n) is 8.54. The van der Waals surface area contributed by atoms with Crippen LogP contribution in [0, 0.1) is 19.9 Å². The summed E-state index contributed by atoms with van der Waals surface area (Å²) in [6.45, 7) is 4.35. The van der Waals surface area contributed by atoms with Gasteiger partial charge in [0.2, 0.25) is 0 Å². The molecule has 6 aromatic rings. The SMILES string of the molecule is Cc1cccc(C)c1-c1cnc2c3[c-]cccc3c3cc(Cc4ccccc4)ccc3n12.[Li+]. The average Bonchev–Trinajstić information content (AvgIpc) is 3.25. The molecule has 0 atom stereocenters. The molecule has 2 aromatic heterocycles. The molecule has 33 heavy (non-hydrogen) atoms. The van der Waals surface area contributed by atoms with Gasteiger partial charge in [0.15, 0.2) is 0 Å². The van der Waals surface area contributed by atoms with Gasteiger partial charge in [-0.05, 0) is 54.0 Å². The Kier molecular flexibility index (Phi) is 5.58. The van der Waals surface area contributed by atoms with Crippen LogP contribution in [-0.2, 0) is 6.42 Å². The summed E-state index contributed by atoms with van der Waals surface area (Å²) >= 11 is 0. The number of aromatic nitrogens is 2. The minimum Gasteiger partial charge on any atom is -0.333 e. The molecule has 0 aliphatic rings. The van der Waals surface area contributed by atoms with E-state index in [0.29, 0.717) is 0 Å². The van der Waals surface area contributed by atoms with E-state index in [0.717, 1.165) is 23.1 Å². The molecule has 6 rings (SSSR count). The number of imidazole rings is 1. The van der Waals surface area contributed by atoms with E-state index < -0.39 is 0 Å². The van der Waals surface area contributed by atoms with Crippen LogP contribution in [0.2, 0.25) is 0 Å². The van der Waals surface area contributed by atoms with Crippen molar-refractivity contribution >= 4 is 27.3 Å². The van der Waals surface area contributed by atoms with Crippen molar-refractivity contribution in [3.05, 3.63) is 119 Å². The fourth-order valence-corrected chi connectivity index (χ4v) is 4.95. The molecule has 4 aromatic carbocycles. The number of benzene rings is 4. The molecule has 0 unspecified atom stereocenters. The van der Waals surface area contributed by atoms with Crippen molar-refractivity contribution in [2.75, 3.05) is 0 Å². The molecular weight excluding hydrogens is 395 g/mol. The van der Waals surface area contributed by atoms with Crippen molar-refractivity contribution in [3.8, 4) is 11.3 Å². The molecule has 2 heterocycles. The maximum absolute atomic E-state index is 4.88. The van der Waals surface area contributed by atoms with Crippen LogP contribution in [0.25, 0.3) is 38.6 Å². The average molecular weight is 418 g/mol. The second kappa shape index (κ2) is 8.56. The maximum atomic E-state index is 4.88. The molecule has 0 aliphatic carbocycles. The van der Waals surface area contributed by atoms with Crippen LogP contribution in [-0.4, -0.2) is 9.38 Å². The molecule has 3 heteroatoms. The Balaban J connectivity index is 0.00000228. The van der Waals surface area contributed by atoms with E-state index in [4.69, 9.17) is 4.98 Å². The largest absolute Gasteiger partial charge is 1.00 e. The summed E-state index contributed by atoms with van der Waals surface area (Å²) in [7, 11) is 0. The van der Waals surface area contributed by atoms with Gasteiger partial charge < -0.3 is 4.40 Å². The smallest absolute Gasteiger partial charge is 0.333 e. The summed E-state index contributed by atoms with van der Waals surface area (Å²) in [6, 6.07) is 33.7. The molecule has 2 nitrogen and oxygen atoms in total. The summed E-state index contributed by atoms with van der Waals surface area (Å²) in [4.78, 5) is 4.88. The Morgan fingerprint density at radius 1 is 0.788 bits per heavy atom. The number of hydrogen-bond acceptors (Lipinski definition) is 1. The summed E-state index contributed by atoms with van der Waals surface area (Å²) in [5.74, 6) is 0. The van der Waals surface area contributed by atoms with Crippen LogP contribution < -0.4 is 18.9 Å². The van der Waals surface area contributed by atoms with Crippen molar-refractivity contribution in [1.29, 1.82) is 0 Å². The zero-order valence-corrected chi connectivity index (χ0v) is 19.3. The minimum absolute atomic E-state index is 0. The Bertz CT molecular complexity index is 1590. The van der Waals surface area contributed by atoms with Crippen LogP contribution in [0.4, 0.5) is 0 Å². The van der Waals surface area contributed by atoms with E-state index in [-0.39, 0.29) is 18.9 Å². The third kappa shape index (κ3) is 3.57. The van der Waals surface area contributed by atoms with E-state index in [1.54, 1.807) is 0 Å². The first kappa shape index (κ1) is 21.5. The van der Waals surface area contributed by atoms with Crippen LogP contribution in [0.1, 0.15) is 22.3 Å². The number of pyridine rings is 1. The van der Waals surface area contributed by atoms with Gasteiger partial charge in [-0.3, -0.25) is 4.98 Å². The first-order valence-electron chi connectivity index (χ1n) is 11.0. The monoisotopic (exact) mass is 418 g/mol. The van der Waals surface area contributed by atoms with E-state index >= 15 is 0 Å². The Hall–Kier alpha value is -3.31. The number of fused-ring (bicyclic) bond motifs is 6. The van der Waals surface area contributed by atoms with Gasteiger partial charge in [-0.15, -0.1) is 29.7 Å². The van der Waals surface area contributed by atoms with Crippen molar-refractivity contribution < 1.29 is 18.9 Å². The third-order valence-corrected chi connectivity index (χ3v) is 6.42. The van der Waals surface area contributed by atoms with Crippen molar-refractivity contribution in [3.63, 3.8) is 0 Å². The standard InChI is InChI=1S/C30H23N2.Li/c1-20-9-8-10-21(2)29(20)28-19-31-30-25-14-7-6-13-24(25)26-18-23(15-16-27(26)32(28)30)17-22-11-4-3-5-12-22;/h3-13,15-16,18-19H,17H2,1-2H3;/q-1;+1. The first-order chi connectivity index (χ1) is 15.7. The van der Waals surface area contributed by atoms with Gasteiger partial charge in [0, 0.05) is 17.3 Å².